The van der Waals surface area contributed by atoms with E-state index in [1.54, 1.807) is 0 Å². The number of amides is 2. The van der Waals surface area contributed by atoms with Crippen LogP contribution in [0.5, 0.6) is 0 Å². The molecule has 0 aliphatic carbocycles. The standard InChI is InChI=1S/C4H8N2O3/c5-3(7)6-4-8-1-2-9-4/h4H,1-2H2,(H3,5,6,7). The molecule has 9 heavy (non-hydrogen) atoms. The monoisotopic (exact) mass is 132 g/mol. The lowest BCUT2D eigenvalue weighted by atomic mass is 10.8. The minimum absolute atomic E-state index is 0.505. The van der Waals surface area contributed by atoms with Crippen LogP contribution in [0.25, 0.3) is 0 Å². The number of hydrogen-bond acceptors (Lipinski definition) is 3. The first kappa shape index (κ1) is 6.31. The number of nitrogens with two attached hydrogens (primary N) is 1. The molecule has 1 aliphatic heterocycles. The van der Waals surface area contributed by atoms with Gasteiger partial charge in [-0.2, -0.15) is 0 Å². The number of rotatable bonds is 1. The molecule has 52 valence electrons. The van der Waals surface area contributed by atoms with Crippen LogP contribution in [-0.4, -0.2) is 25.7 Å². The Bertz CT molecular complexity index is 110. The lowest BCUT2D eigenvalue weighted by molar-refractivity contribution is -0.0559. The quantitative estimate of drug-likeness (QED) is 0.479. The number of urea groups is 1. The van der Waals surface area contributed by atoms with Gasteiger partial charge < -0.3 is 15.2 Å². The van der Waals surface area contributed by atoms with E-state index in [0.29, 0.717) is 13.2 Å². The molecular formula is C4H8N2O3. The van der Waals surface area contributed by atoms with Crippen molar-refractivity contribution >= 4 is 6.03 Å². The first-order valence-electron chi connectivity index (χ1n) is 2.58. The Kier molecular flexibility index (Phi) is 1.86. The third-order valence-corrected chi connectivity index (χ3v) is 0.882. The smallest absolute Gasteiger partial charge is 0.316 e. The van der Waals surface area contributed by atoms with E-state index in [-0.39, 0.29) is 0 Å². The van der Waals surface area contributed by atoms with E-state index in [0.717, 1.165) is 0 Å². The van der Waals surface area contributed by atoms with Crippen molar-refractivity contribution in [2.75, 3.05) is 13.2 Å². The fourth-order valence-corrected chi connectivity index (χ4v) is 0.558. The molecular weight excluding hydrogens is 124 g/mol. The van der Waals surface area contributed by atoms with Gasteiger partial charge in [-0.3, -0.25) is 5.32 Å². The second-order valence-electron chi connectivity index (χ2n) is 1.58. The number of carbonyl (C=O) groups excluding carboxylic acids is 1. The van der Waals surface area contributed by atoms with E-state index in [4.69, 9.17) is 15.2 Å². The molecule has 1 heterocycles. The Labute approximate surface area is 52.1 Å². The van der Waals surface area contributed by atoms with Crippen LogP contribution in [0.15, 0.2) is 0 Å². The van der Waals surface area contributed by atoms with Crippen LogP contribution in [0.4, 0.5) is 4.79 Å². The Morgan fingerprint density at radius 2 is 2.11 bits per heavy atom. The fourth-order valence-electron chi connectivity index (χ4n) is 0.558. The van der Waals surface area contributed by atoms with Crippen LogP contribution in [-0.2, 0) is 9.47 Å². The molecule has 0 spiro atoms. The van der Waals surface area contributed by atoms with Crippen molar-refractivity contribution in [3.8, 4) is 0 Å². The summed E-state index contributed by atoms with van der Waals surface area (Å²) in [5.41, 5.74) is 4.76. The highest BCUT2D eigenvalue weighted by molar-refractivity contribution is 5.71. The van der Waals surface area contributed by atoms with Crippen molar-refractivity contribution in [1.29, 1.82) is 0 Å². The molecule has 5 nitrogen and oxygen atoms in total. The van der Waals surface area contributed by atoms with Crippen molar-refractivity contribution in [2.24, 2.45) is 5.73 Å². The van der Waals surface area contributed by atoms with E-state index >= 15 is 0 Å². The van der Waals surface area contributed by atoms with Crippen LogP contribution < -0.4 is 11.1 Å². The summed E-state index contributed by atoms with van der Waals surface area (Å²) in [5, 5.41) is 2.24. The normalized spacial score (nSPS) is 20.0. The maximum atomic E-state index is 10.1. The Morgan fingerprint density at radius 3 is 2.56 bits per heavy atom. The van der Waals surface area contributed by atoms with Crippen LogP contribution >= 0.6 is 0 Å². The molecule has 0 unspecified atom stereocenters. The maximum Gasteiger partial charge on any atom is 0.316 e. The van der Waals surface area contributed by atoms with Gasteiger partial charge in [0.25, 0.3) is 0 Å². The van der Waals surface area contributed by atoms with Gasteiger partial charge in [-0.1, -0.05) is 0 Å². The van der Waals surface area contributed by atoms with E-state index in [1.165, 1.54) is 0 Å². The summed E-state index contributed by atoms with van der Waals surface area (Å²) >= 11 is 0. The predicted molar refractivity (Wildman–Crippen MR) is 28.4 cm³/mol. The average molecular weight is 132 g/mol. The highest BCUT2D eigenvalue weighted by Gasteiger charge is 2.15. The third kappa shape index (κ3) is 1.87. The Balaban J connectivity index is 2.19. The van der Waals surface area contributed by atoms with Gasteiger partial charge in [0.2, 0.25) is 6.41 Å². The molecule has 0 aromatic carbocycles. The van der Waals surface area contributed by atoms with Gasteiger partial charge >= 0.3 is 6.03 Å². The second kappa shape index (κ2) is 2.65. The second-order valence-corrected chi connectivity index (χ2v) is 1.58. The van der Waals surface area contributed by atoms with Crippen molar-refractivity contribution in [3.63, 3.8) is 0 Å². The van der Waals surface area contributed by atoms with Gasteiger partial charge in [-0.05, 0) is 0 Å². The summed E-state index contributed by atoms with van der Waals surface area (Å²) in [5.74, 6) is 0. The summed E-state index contributed by atoms with van der Waals surface area (Å²) < 4.78 is 9.66. The molecule has 3 N–H and O–H groups in total. The van der Waals surface area contributed by atoms with Gasteiger partial charge in [-0.25, -0.2) is 4.79 Å². The van der Waals surface area contributed by atoms with Crippen molar-refractivity contribution in [3.05, 3.63) is 0 Å². The molecule has 5 heteroatoms. The van der Waals surface area contributed by atoms with Crippen LogP contribution in [0, 0.1) is 0 Å². The van der Waals surface area contributed by atoms with Crippen molar-refractivity contribution < 1.29 is 14.3 Å². The zero-order valence-corrected chi connectivity index (χ0v) is 4.79. The van der Waals surface area contributed by atoms with Gasteiger partial charge in [-0.15, -0.1) is 0 Å². The Hall–Kier alpha value is -0.810. The van der Waals surface area contributed by atoms with Gasteiger partial charge in [0.15, 0.2) is 0 Å². The fraction of sp³-hybridized carbons (Fsp3) is 0.750. The van der Waals surface area contributed by atoms with E-state index in [1.807, 2.05) is 0 Å². The summed E-state index contributed by atoms with van der Waals surface area (Å²) in [4.78, 5) is 10.1. The number of primary amides is 1. The molecule has 0 bridgehead atoms. The van der Waals surface area contributed by atoms with Crippen molar-refractivity contribution in [2.45, 2.75) is 6.41 Å². The molecule has 0 saturated carbocycles. The maximum absolute atomic E-state index is 10.1. The topological polar surface area (TPSA) is 73.6 Å². The molecule has 2 amide bonds. The highest BCUT2D eigenvalue weighted by atomic mass is 16.7. The van der Waals surface area contributed by atoms with Crippen LogP contribution in [0.1, 0.15) is 0 Å². The van der Waals surface area contributed by atoms with E-state index in [9.17, 15) is 4.79 Å². The minimum Gasteiger partial charge on any atom is -0.352 e. The largest absolute Gasteiger partial charge is 0.352 e. The zero-order valence-electron chi connectivity index (χ0n) is 4.79. The van der Waals surface area contributed by atoms with Gasteiger partial charge in [0, 0.05) is 0 Å². The number of nitrogens with one attached hydrogen (secondary N) is 1. The molecule has 1 fully saturated rings. The summed E-state index contributed by atoms with van der Waals surface area (Å²) in [6.45, 7) is 1.01. The van der Waals surface area contributed by atoms with Crippen LogP contribution in [0.2, 0.25) is 0 Å². The zero-order chi connectivity index (χ0) is 6.69. The van der Waals surface area contributed by atoms with Crippen LogP contribution in [0.3, 0.4) is 0 Å². The molecule has 0 aromatic rings. The molecule has 1 aliphatic rings. The minimum atomic E-state index is -0.637. The molecule has 0 radical (unpaired) electrons. The molecule has 1 saturated heterocycles. The predicted octanol–water partition coefficient (Wildman–Crippen LogP) is -1.01. The summed E-state index contributed by atoms with van der Waals surface area (Å²) in [6, 6.07) is -0.637. The average Bonchev–Trinajstić information content (AvgIpc) is 2.15. The Morgan fingerprint density at radius 1 is 1.56 bits per heavy atom. The lowest BCUT2D eigenvalue weighted by Gasteiger charge is -2.06. The van der Waals surface area contributed by atoms with Gasteiger partial charge in [0.05, 0.1) is 13.2 Å². The molecule has 0 atom stereocenters. The summed E-state index contributed by atoms with van der Waals surface area (Å²) in [7, 11) is 0. The number of hydrogen-bond donors (Lipinski definition) is 2. The number of ether oxygens (including phenoxy) is 2. The van der Waals surface area contributed by atoms with Crippen molar-refractivity contribution in [1.82, 2.24) is 5.32 Å². The van der Waals surface area contributed by atoms with E-state index < -0.39 is 12.4 Å². The highest BCUT2D eigenvalue weighted by Crippen LogP contribution is 1.97. The third-order valence-electron chi connectivity index (χ3n) is 0.882. The molecule has 1 rings (SSSR count). The number of carbonyl (C=O) groups is 1. The van der Waals surface area contributed by atoms with Gasteiger partial charge in [0.1, 0.15) is 0 Å². The first-order chi connectivity index (χ1) is 4.29. The SMILES string of the molecule is NC(=O)NC1OCCO1. The first-order valence-corrected chi connectivity index (χ1v) is 2.58. The van der Waals surface area contributed by atoms with E-state index in [2.05, 4.69) is 5.32 Å². The molecule has 0 aromatic heterocycles. The summed E-state index contributed by atoms with van der Waals surface area (Å²) in [6.07, 6.45) is -0.637. The lowest BCUT2D eigenvalue weighted by Crippen LogP contribution is -2.39.